The molecule has 0 N–H and O–H groups in total. The molecule has 0 aliphatic carbocycles. The SMILES string of the molecule is CC1c2cc(F)ccc2CCN1C(=O)Cn1cnc2ccc(Br)cc2c1=O. The Hall–Kier alpha value is -2.54. The molecule has 0 spiro atoms. The zero-order valence-corrected chi connectivity index (χ0v) is 16.2. The van der Waals surface area contributed by atoms with Crippen molar-refractivity contribution in [3.05, 3.63) is 74.5 Å². The van der Waals surface area contributed by atoms with Gasteiger partial charge in [0, 0.05) is 11.0 Å². The fourth-order valence-electron chi connectivity index (χ4n) is 3.61. The number of hydrogen-bond donors (Lipinski definition) is 0. The van der Waals surface area contributed by atoms with Crippen LogP contribution in [-0.4, -0.2) is 26.9 Å². The number of hydrogen-bond acceptors (Lipinski definition) is 3. The summed E-state index contributed by atoms with van der Waals surface area (Å²) in [5.41, 5.74) is 2.21. The molecule has 1 aliphatic rings. The van der Waals surface area contributed by atoms with E-state index in [4.69, 9.17) is 0 Å². The summed E-state index contributed by atoms with van der Waals surface area (Å²) >= 11 is 3.35. The number of aromatic nitrogens is 2. The van der Waals surface area contributed by atoms with Crippen LogP contribution in [-0.2, 0) is 17.8 Å². The van der Waals surface area contributed by atoms with Crippen LogP contribution in [0.3, 0.4) is 0 Å². The van der Waals surface area contributed by atoms with Gasteiger partial charge in [-0.1, -0.05) is 22.0 Å². The second-order valence-electron chi connectivity index (χ2n) is 6.70. The number of nitrogens with zero attached hydrogens (tertiary/aromatic N) is 3. The highest BCUT2D eigenvalue weighted by molar-refractivity contribution is 9.10. The second kappa shape index (κ2) is 6.88. The fraction of sp³-hybridized carbons (Fsp3) is 0.250. The molecule has 7 heteroatoms. The Balaban J connectivity index is 1.62. The van der Waals surface area contributed by atoms with Gasteiger partial charge in [0.1, 0.15) is 12.4 Å². The lowest BCUT2D eigenvalue weighted by atomic mass is 9.93. The zero-order valence-electron chi connectivity index (χ0n) is 14.7. The average Bonchev–Trinajstić information content (AvgIpc) is 2.65. The fourth-order valence-corrected chi connectivity index (χ4v) is 3.97. The quantitative estimate of drug-likeness (QED) is 0.626. The number of fused-ring (bicyclic) bond motifs is 2. The number of carbonyl (C=O) groups is 1. The van der Waals surface area contributed by atoms with Gasteiger partial charge in [-0.15, -0.1) is 0 Å². The minimum atomic E-state index is -0.310. The Kier molecular flexibility index (Phi) is 4.55. The number of rotatable bonds is 2. The molecule has 2 heterocycles. The molecule has 4 rings (SSSR count). The molecule has 1 aromatic heterocycles. The third kappa shape index (κ3) is 3.27. The topological polar surface area (TPSA) is 55.2 Å². The summed E-state index contributed by atoms with van der Waals surface area (Å²) in [6.45, 7) is 2.33. The van der Waals surface area contributed by atoms with Crippen LogP contribution in [0.25, 0.3) is 10.9 Å². The first-order valence-corrected chi connectivity index (χ1v) is 9.46. The van der Waals surface area contributed by atoms with Gasteiger partial charge in [-0.05, 0) is 54.8 Å². The van der Waals surface area contributed by atoms with Crippen molar-refractivity contribution in [2.24, 2.45) is 0 Å². The number of halogens is 2. The molecule has 0 bridgehead atoms. The van der Waals surface area contributed by atoms with Gasteiger partial charge in [0.25, 0.3) is 5.56 Å². The molecule has 0 fully saturated rings. The molecular formula is C20H17BrFN3O2. The lowest BCUT2D eigenvalue weighted by Gasteiger charge is -2.35. The van der Waals surface area contributed by atoms with Crippen molar-refractivity contribution in [3.8, 4) is 0 Å². The summed E-state index contributed by atoms with van der Waals surface area (Å²) in [6.07, 6.45) is 2.07. The van der Waals surface area contributed by atoms with E-state index in [0.717, 1.165) is 15.6 Å². The van der Waals surface area contributed by atoms with Gasteiger partial charge < -0.3 is 4.90 Å². The van der Waals surface area contributed by atoms with E-state index >= 15 is 0 Å². The van der Waals surface area contributed by atoms with Crippen molar-refractivity contribution < 1.29 is 9.18 Å². The highest BCUT2D eigenvalue weighted by atomic mass is 79.9. The maximum Gasteiger partial charge on any atom is 0.261 e. The van der Waals surface area contributed by atoms with Gasteiger partial charge in [0.15, 0.2) is 0 Å². The first-order valence-electron chi connectivity index (χ1n) is 8.66. The maximum absolute atomic E-state index is 13.6. The Morgan fingerprint density at radius 3 is 2.93 bits per heavy atom. The average molecular weight is 430 g/mol. The highest BCUT2D eigenvalue weighted by Gasteiger charge is 2.28. The van der Waals surface area contributed by atoms with Crippen molar-refractivity contribution in [1.29, 1.82) is 0 Å². The molecule has 0 saturated heterocycles. The molecule has 27 heavy (non-hydrogen) atoms. The molecule has 138 valence electrons. The van der Waals surface area contributed by atoms with E-state index in [0.29, 0.717) is 23.9 Å². The molecule has 5 nitrogen and oxygen atoms in total. The van der Waals surface area contributed by atoms with Crippen LogP contribution in [0.4, 0.5) is 4.39 Å². The summed E-state index contributed by atoms with van der Waals surface area (Å²) in [7, 11) is 0. The van der Waals surface area contributed by atoms with Gasteiger partial charge in [-0.25, -0.2) is 9.37 Å². The zero-order chi connectivity index (χ0) is 19.1. The van der Waals surface area contributed by atoms with Crippen LogP contribution in [0, 0.1) is 5.82 Å². The Morgan fingerprint density at radius 2 is 2.11 bits per heavy atom. The standard InChI is InChI=1S/C20H17BrFN3O2/c1-12-16-9-15(22)4-2-13(16)6-7-25(12)19(26)10-24-11-23-18-5-3-14(21)8-17(18)20(24)27/h2-5,8-9,11-12H,6-7,10H2,1H3. The summed E-state index contributed by atoms with van der Waals surface area (Å²) < 4.78 is 15.7. The summed E-state index contributed by atoms with van der Waals surface area (Å²) in [5, 5.41) is 0.457. The van der Waals surface area contributed by atoms with Gasteiger partial charge in [0.2, 0.25) is 5.91 Å². The van der Waals surface area contributed by atoms with Crippen LogP contribution >= 0.6 is 15.9 Å². The first kappa shape index (κ1) is 17.9. The van der Waals surface area contributed by atoms with Crippen LogP contribution in [0.1, 0.15) is 24.1 Å². The van der Waals surface area contributed by atoms with Gasteiger partial charge in [-0.3, -0.25) is 14.2 Å². The highest BCUT2D eigenvalue weighted by Crippen LogP contribution is 2.30. The lowest BCUT2D eigenvalue weighted by Crippen LogP contribution is -2.42. The Bertz CT molecular complexity index is 1110. The van der Waals surface area contributed by atoms with E-state index in [1.54, 1.807) is 23.1 Å². The number of benzene rings is 2. The molecule has 1 atom stereocenters. The number of amides is 1. The van der Waals surface area contributed by atoms with Crippen molar-refractivity contribution in [1.82, 2.24) is 14.5 Å². The minimum Gasteiger partial charge on any atom is -0.334 e. The van der Waals surface area contributed by atoms with Gasteiger partial charge >= 0.3 is 0 Å². The van der Waals surface area contributed by atoms with E-state index < -0.39 is 0 Å². The molecule has 0 saturated carbocycles. The predicted octanol–water partition coefficient (Wildman–Crippen LogP) is 3.44. The molecule has 1 unspecified atom stereocenters. The number of carbonyl (C=O) groups excluding carboxylic acids is 1. The molecular weight excluding hydrogens is 413 g/mol. The van der Waals surface area contributed by atoms with Crippen molar-refractivity contribution >= 4 is 32.7 Å². The molecule has 2 aromatic carbocycles. The van der Waals surface area contributed by atoms with E-state index in [1.807, 2.05) is 13.0 Å². The van der Waals surface area contributed by atoms with Gasteiger partial charge in [-0.2, -0.15) is 0 Å². The molecule has 1 aliphatic heterocycles. The second-order valence-corrected chi connectivity index (χ2v) is 7.61. The van der Waals surface area contributed by atoms with E-state index in [1.165, 1.54) is 23.0 Å². The molecule has 1 amide bonds. The van der Waals surface area contributed by atoms with Crippen LogP contribution < -0.4 is 5.56 Å². The summed E-state index contributed by atoms with van der Waals surface area (Å²) in [4.78, 5) is 31.5. The van der Waals surface area contributed by atoms with Crippen molar-refractivity contribution in [2.75, 3.05) is 6.54 Å². The van der Waals surface area contributed by atoms with Gasteiger partial charge in [0.05, 0.1) is 23.3 Å². The maximum atomic E-state index is 13.6. The summed E-state index contributed by atoms with van der Waals surface area (Å²) in [6, 6.07) is 9.74. The molecule has 3 aromatic rings. The smallest absolute Gasteiger partial charge is 0.261 e. The first-order chi connectivity index (χ1) is 12.9. The van der Waals surface area contributed by atoms with E-state index in [2.05, 4.69) is 20.9 Å². The Morgan fingerprint density at radius 1 is 1.30 bits per heavy atom. The third-order valence-electron chi connectivity index (χ3n) is 5.06. The largest absolute Gasteiger partial charge is 0.334 e. The lowest BCUT2D eigenvalue weighted by molar-refractivity contribution is -0.134. The normalized spacial score (nSPS) is 16.4. The monoisotopic (exact) mass is 429 g/mol. The minimum absolute atomic E-state index is 0.0940. The van der Waals surface area contributed by atoms with Crippen LogP contribution in [0.2, 0.25) is 0 Å². The van der Waals surface area contributed by atoms with Crippen molar-refractivity contribution in [2.45, 2.75) is 25.9 Å². The van der Waals surface area contributed by atoms with E-state index in [9.17, 15) is 14.0 Å². The Labute approximate surface area is 163 Å². The summed E-state index contributed by atoms with van der Waals surface area (Å²) in [5.74, 6) is -0.494. The van der Waals surface area contributed by atoms with Crippen LogP contribution in [0.5, 0.6) is 0 Å². The predicted molar refractivity (Wildman–Crippen MR) is 104 cm³/mol. The van der Waals surface area contributed by atoms with Crippen LogP contribution in [0.15, 0.2) is 52.0 Å². The van der Waals surface area contributed by atoms with Crippen molar-refractivity contribution in [3.63, 3.8) is 0 Å². The van der Waals surface area contributed by atoms with E-state index in [-0.39, 0.29) is 29.9 Å². The molecule has 0 radical (unpaired) electrons. The third-order valence-corrected chi connectivity index (χ3v) is 5.55.